The minimum Gasteiger partial charge on any atom is -0.481 e. The van der Waals surface area contributed by atoms with E-state index in [1.807, 2.05) is 6.92 Å². The number of carbonyl (C=O) groups is 2. The highest BCUT2D eigenvalue weighted by molar-refractivity contribution is 6.06. The van der Waals surface area contributed by atoms with Crippen LogP contribution in [0.2, 0.25) is 0 Å². The van der Waals surface area contributed by atoms with Crippen molar-refractivity contribution in [1.82, 2.24) is 9.88 Å². The third-order valence-electron chi connectivity index (χ3n) is 4.56. The number of aromatic amines is 1. The Balaban J connectivity index is 2.07. The molecule has 2 aromatic rings. The van der Waals surface area contributed by atoms with Gasteiger partial charge in [0.25, 0.3) is 11.6 Å². The highest BCUT2D eigenvalue weighted by Gasteiger charge is 2.33. The molecule has 1 saturated heterocycles. The van der Waals surface area contributed by atoms with Gasteiger partial charge in [0.05, 0.1) is 16.4 Å². The van der Waals surface area contributed by atoms with Gasteiger partial charge in [0, 0.05) is 42.2 Å². The summed E-state index contributed by atoms with van der Waals surface area (Å²) in [6.45, 7) is 2.27. The normalized spacial score (nSPS) is 20.1. The van der Waals surface area contributed by atoms with Gasteiger partial charge in [0.2, 0.25) is 5.56 Å². The number of piperidine rings is 1. The Morgan fingerprint density at radius 3 is 2.69 bits per heavy atom. The van der Waals surface area contributed by atoms with Gasteiger partial charge in [-0.3, -0.25) is 24.5 Å². The monoisotopic (exact) mass is 359 g/mol. The van der Waals surface area contributed by atoms with Gasteiger partial charge >= 0.3 is 5.97 Å². The number of nitrogens with one attached hydrogen (secondary N) is 1. The molecule has 2 N–H and O–H groups in total. The van der Waals surface area contributed by atoms with Gasteiger partial charge in [0.1, 0.15) is 0 Å². The van der Waals surface area contributed by atoms with Gasteiger partial charge in [-0.2, -0.15) is 0 Å². The zero-order chi connectivity index (χ0) is 19.0. The predicted molar refractivity (Wildman–Crippen MR) is 92.0 cm³/mol. The van der Waals surface area contributed by atoms with Gasteiger partial charge in [-0.1, -0.05) is 6.92 Å². The van der Waals surface area contributed by atoms with Gasteiger partial charge < -0.3 is 15.0 Å². The molecule has 2 unspecified atom stereocenters. The standard InChI is InChI=1S/C17H17N3O6/c1-9-4-10(17(23)24)8-19(7-9)16(22)13-6-15(21)18-14-3-2-11(20(25)26)5-12(13)14/h2-3,5-6,9-10H,4,7-8H2,1H3,(H,18,21)(H,23,24). The van der Waals surface area contributed by atoms with Crippen LogP contribution in [0.25, 0.3) is 10.9 Å². The molecule has 0 spiro atoms. The van der Waals surface area contributed by atoms with Crippen LogP contribution in [-0.4, -0.2) is 44.9 Å². The third kappa shape index (κ3) is 3.28. The molecular formula is C17H17N3O6. The highest BCUT2D eigenvalue weighted by atomic mass is 16.6. The van der Waals surface area contributed by atoms with Crippen LogP contribution in [0, 0.1) is 22.0 Å². The Kier molecular flexibility index (Phi) is 4.45. The van der Waals surface area contributed by atoms with E-state index in [4.69, 9.17) is 0 Å². The number of aromatic nitrogens is 1. The van der Waals surface area contributed by atoms with Crippen LogP contribution >= 0.6 is 0 Å². The van der Waals surface area contributed by atoms with E-state index in [1.165, 1.54) is 23.1 Å². The molecule has 1 aliphatic heterocycles. The summed E-state index contributed by atoms with van der Waals surface area (Å²) in [7, 11) is 0. The Labute approximate surface area is 147 Å². The molecule has 0 bridgehead atoms. The Hall–Kier alpha value is -3.23. The summed E-state index contributed by atoms with van der Waals surface area (Å²) in [5.41, 5.74) is -0.361. The summed E-state index contributed by atoms with van der Waals surface area (Å²) in [4.78, 5) is 50.6. The molecule has 1 aromatic heterocycles. The molecule has 2 heterocycles. The molecule has 9 heteroatoms. The second kappa shape index (κ2) is 6.58. The number of rotatable bonds is 3. The first-order valence-corrected chi connectivity index (χ1v) is 8.10. The van der Waals surface area contributed by atoms with Crippen molar-refractivity contribution in [3.8, 4) is 0 Å². The van der Waals surface area contributed by atoms with Crippen molar-refractivity contribution in [1.29, 1.82) is 0 Å². The number of aliphatic carboxylic acids is 1. The third-order valence-corrected chi connectivity index (χ3v) is 4.56. The number of H-pyrrole nitrogens is 1. The molecule has 1 fully saturated rings. The topological polar surface area (TPSA) is 134 Å². The van der Waals surface area contributed by atoms with Crippen molar-refractivity contribution in [2.75, 3.05) is 13.1 Å². The number of nitro benzene ring substituents is 1. The fourth-order valence-corrected chi connectivity index (χ4v) is 3.40. The van der Waals surface area contributed by atoms with E-state index >= 15 is 0 Å². The summed E-state index contributed by atoms with van der Waals surface area (Å²) in [5, 5.41) is 20.6. The number of pyridine rings is 1. The number of nitrogens with zero attached hydrogens (tertiary/aromatic N) is 2. The molecule has 0 aliphatic carbocycles. The van der Waals surface area contributed by atoms with Crippen molar-refractivity contribution >= 4 is 28.5 Å². The first-order valence-electron chi connectivity index (χ1n) is 8.10. The fraction of sp³-hybridized carbons (Fsp3) is 0.353. The van der Waals surface area contributed by atoms with E-state index in [-0.39, 0.29) is 29.1 Å². The van der Waals surface area contributed by atoms with Crippen LogP contribution in [0.5, 0.6) is 0 Å². The summed E-state index contributed by atoms with van der Waals surface area (Å²) in [5.74, 6) is -2.15. The minimum absolute atomic E-state index is 0.00334. The number of carboxylic acids is 1. The van der Waals surface area contributed by atoms with Crippen LogP contribution in [0.4, 0.5) is 5.69 Å². The number of likely N-dealkylation sites (tertiary alicyclic amines) is 1. The summed E-state index contributed by atoms with van der Waals surface area (Å²) >= 11 is 0. The van der Waals surface area contributed by atoms with Crippen molar-refractivity contribution in [2.45, 2.75) is 13.3 Å². The molecule has 3 rings (SSSR count). The summed E-state index contributed by atoms with van der Waals surface area (Å²) in [6.07, 6.45) is 0.473. The zero-order valence-corrected chi connectivity index (χ0v) is 14.0. The van der Waals surface area contributed by atoms with Crippen LogP contribution in [0.15, 0.2) is 29.1 Å². The molecule has 26 heavy (non-hydrogen) atoms. The van der Waals surface area contributed by atoms with E-state index in [0.717, 1.165) is 6.07 Å². The molecule has 1 amide bonds. The number of hydrogen-bond donors (Lipinski definition) is 2. The van der Waals surface area contributed by atoms with Crippen molar-refractivity contribution in [3.05, 3.63) is 50.3 Å². The molecule has 9 nitrogen and oxygen atoms in total. The highest BCUT2D eigenvalue weighted by Crippen LogP contribution is 2.26. The number of amides is 1. The average molecular weight is 359 g/mol. The summed E-state index contributed by atoms with van der Waals surface area (Å²) in [6, 6.07) is 4.96. The first-order chi connectivity index (χ1) is 12.3. The van der Waals surface area contributed by atoms with E-state index in [0.29, 0.717) is 18.5 Å². The molecule has 2 atom stereocenters. The molecular weight excluding hydrogens is 342 g/mol. The Bertz CT molecular complexity index is 967. The molecule has 0 radical (unpaired) electrons. The SMILES string of the molecule is CC1CC(C(=O)O)CN(C(=O)c2cc(=O)[nH]c3ccc([N+](=O)[O-])cc23)C1. The second-order valence-electron chi connectivity index (χ2n) is 6.62. The Morgan fingerprint density at radius 1 is 1.31 bits per heavy atom. The second-order valence-corrected chi connectivity index (χ2v) is 6.62. The number of fused-ring (bicyclic) bond motifs is 1. The molecule has 136 valence electrons. The van der Waals surface area contributed by atoms with Gasteiger partial charge in [-0.05, 0) is 18.4 Å². The lowest BCUT2D eigenvalue weighted by Crippen LogP contribution is -2.45. The van der Waals surface area contributed by atoms with Crippen LogP contribution in [0.1, 0.15) is 23.7 Å². The lowest BCUT2D eigenvalue weighted by molar-refractivity contribution is -0.384. The van der Waals surface area contributed by atoms with Crippen LogP contribution < -0.4 is 5.56 Å². The van der Waals surface area contributed by atoms with E-state index < -0.39 is 28.3 Å². The smallest absolute Gasteiger partial charge is 0.308 e. The number of hydrogen-bond acceptors (Lipinski definition) is 5. The van der Waals surface area contributed by atoms with Crippen LogP contribution in [-0.2, 0) is 4.79 Å². The maximum Gasteiger partial charge on any atom is 0.308 e. The van der Waals surface area contributed by atoms with E-state index in [1.54, 1.807) is 0 Å². The van der Waals surface area contributed by atoms with Gasteiger partial charge in [-0.25, -0.2) is 0 Å². The molecule has 1 aromatic carbocycles. The Morgan fingerprint density at radius 2 is 2.04 bits per heavy atom. The maximum absolute atomic E-state index is 13.0. The zero-order valence-electron chi connectivity index (χ0n) is 14.0. The lowest BCUT2D eigenvalue weighted by atomic mass is 9.90. The van der Waals surface area contributed by atoms with Gasteiger partial charge in [0.15, 0.2) is 0 Å². The maximum atomic E-state index is 13.0. The van der Waals surface area contributed by atoms with E-state index in [9.17, 15) is 29.6 Å². The molecule has 0 saturated carbocycles. The van der Waals surface area contributed by atoms with Crippen LogP contribution in [0.3, 0.4) is 0 Å². The van der Waals surface area contributed by atoms with E-state index in [2.05, 4.69) is 4.98 Å². The summed E-state index contributed by atoms with van der Waals surface area (Å²) < 4.78 is 0. The largest absolute Gasteiger partial charge is 0.481 e. The van der Waals surface area contributed by atoms with Gasteiger partial charge in [-0.15, -0.1) is 0 Å². The number of nitro groups is 1. The quantitative estimate of drug-likeness (QED) is 0.632. The minimum atomic E-state index is -0.972. The predicted octanol–water partition coefficient (Wildman–Crippen LogP) is 1.62. The number of carbonyl (C=O) groups excluding carboxylic acids is 1. The molecule has 1 aliphatic rings. The van der Waals surface area contributed by atoms with Crippen molar-refractivity contribution in [3.63, 3.8) is 0 Å². The first kappa shape index (κ1) is 17.6. The number of carboxylic acid groups (broad SMARTS) is 1. The number of benzene rings is 1. The number of non-ortho nitro benzene ring substituents is 1. The van der Waals surface area contributed by atoms with Crippen molar-refractivity contribution < 1.29 is 19.6 Å². The average Bonchev–Trinajstić information content (AvgIpc) is 2.59. The fourth-order valence-electron chi connectivity index (χ4n) is 3.40. The lowest BCUT2D eigenvalue weighted by Gasteiger charge is -2.34. The van der Waals surface area contributed by atoms with Crippen molar-refractivity contribution in [2.24, 2.45) is 11.8 Å².